The van der Waals surface area contributed by atoms with E-state index in [0.717, 1.165) is 49.9 Å². The summed E-state index contributed by atoms with van der Waals surface area (Å²) in [5.41, 5.74) is 13.2. The lowest BCUT2D eigenvalue weighted by Crippen LogP contribution is -2.03. The first-order valence-electron chi connectivity index (χ1n) is 14.9. The second kappa shape index (κ2) is 14.6. The fourth-order valence-electron chi connectivity index (χ4n) is 5.37. The molecule has 206 valence electrons. The van der Waals surface area contributed by atoms with Gasteiger partial charge in [0.2, 0.25) is 0 Å². The van der Waals surface area contributed by atoms with Crippen LogP contribution in [0.5, 0.6) is 0 Å². The van der Waals surface area contributed by atoms with Gasteiger partial charge < -0.3 is 0 Å². The number of hydrogen-bond donors (Lipinski definition) is 0. The van der Waals surface area contributed by atoms with Crippen LogP contribution in [0.1, 0.15) is 101 Å². The number of rotatable bonds is 7. The van der Waals surface area contributed by atoms with Crippen molar-refractivity contribution in [3.8, 4) is 0 Å². The molecule has 0 saturated carbocycles. The SMILES string of the molecule is C/C=C(C)/C(C)=C\CC(C)c1cccc(/C2=C(/C)CC/C(c3ccccc3)=N\C(c3ccccc3)=C/CCC2)c1. The van der Waals surface area contributed by atoms with E-state index in [2.05, 4.69) is 138 Å². The van der Waals surface area contributed by atoms with Gasteiger partial charge in [-0.05, 0) is 100.0 Å². The Balaban J connectivity index is 1.64. The summed E-state index contributed by atoms with van der Waals surface area (Å²) in [4.78, 5) is 5.29. The highest BCUT2D eigenvalue weighted by molar-refractivity contribution is 6.03. The van der Waals surface area contributed by atoms with Crippen molar-refractivity contribution in [2.75, 3.05) is 0 Å². The van der Waals surface area contributed by atoms with Crippen LogP contribution in [0.25, 0.3) is 11.3 Å². The molecule has 1 atom stereocenters. The summed E-state index contributed by atoms with van der Waals surface area (Å²) in [7, 11) is 0. The second-order valence-corrected chi connectivity index (χ2v) is 11.2. The lowest BCUT2D eigenvalue weighted by Gasteiger charge is -2.17. The monoisotopic (exact) mass is 527 g/mol. The van der Waals surface area contributed by atoms with Gasteiger partial charge in [0.15, 0.2) is 0 Å². The minimum absolute atomic E-state index is 0.483. The van der Waals surface area contributed by atoms with Crippen LogP contribution in [0.2, 0.25) is 0 Å². The van der Waals surface area contributed by atoms with Crippen molar-refractivity contribution in [3.63, 3.8) is 0 Å². The van der Waals surface area contributed by atoms with Gasteiger partial charge in [0.1, 0.15) is 0 Å². The zero-order chi connectivity index (χ0) is 28.3. The highest BCUT2D eigenvalue weighted by Crippen LogP contribution is 2.32. The molecule has 0 N–H and O–H groups in total. The molecule has 0 saturated heterocycles. The first-order chi connectivity index (χ1) is 19.5. The quantitative estimate of drug-likeness (QED) is 0.271. The molecule has 0 spiro atoms. The Labute approximate surface area is 242 Å². The maximum Gasteiger partial charge on any atom is 0.0665 e. The lowest BCUT2D eigenvalue weighted by molar-refractivity contribution is 0.776. The van der Waals surface area contributed by atoms with E-state index in [1.165, 1.54) is 44.5 Å². The molecule has 0 fully saturated rings. The van der Waals surface area contributed by atoms with Crippen LogP contribution >= 0.6 is 0 Å². The number of aliphatic imine (C=N–C) groups is 1. The van der Waals surface area contributed by atoms with Crippen LogP contribution in [-0.4, -0.2) is 5.71 Å². The second-order valence-electron chi connectivity index (χ2n) is 11.2. The summed E-state index contributed by atoms with van der Waals surface area (Å²) in [5.74, 6) is 0.483. The van der Waals surface area contributed by atoms with Crippen LogP contribution in [-0.2, 0) is 0 Å². The molecule has 1 nitrogen and oxygen atoms in total. The Morgan fingerprint density at radius 1 is 0.800 bits per heavy atom. The third-order valence-electron chi connectivity index (χ3n) is 8.29. The summed E-state index contributed by atoms with van der Waals surface area (Å²) >= 11 is 0. The third kappa shape index (κ3) is 7.92. The Kier molecular flexibility index (Phi) is 10.7. The first-order valence-corrected chi connectivity index (χ1v) is 14.9. The normalized spacial score (nSPS) is 21.0. The molecule has 1 heteroatoms. The van der Waals surface area contributed by atoms with Gasteiger partial charge in [-0.1, -0.05) is 127 Å². The van der Waals surface area contributed by atoms with E-state index in [4.69, 9.17) is 4.99 Å². The van der Waals surface area contributed by atoms with Gasteiger partial charge in [-0.2, -0.15) is 0 Å². The average Bonchev–Trinajstić information content (AvgIpc) is 3.04. The molecule has 0 bridgehead atoms. The molecule has 4 rings (SSSR count). The summed E-state index contributed by atoms with van der Waals surface area (Å²) in [6.45, 7) is 11.2. The van der Waals surface area contributed by atoms with Gasteiger partial charge in [0.05, 0.1) is 5.70 Å². The molecule has 1 aliphatic heterocycles. The summed E-state index contributed by atoms with van der Waals surface area (Å²) in [5, 5.41) is 0. The number of allylic oxidation sites excluding steroid dienone is 7. The predicted molar refractivity (Wildman–Crippen MR) is 176 cm³/mol. The molecule has 3 aromatic carbocycles. The van der Waals surface area contributed by atoms with Crippen molar-refractivity contribution in [1.29, 1.82) is 0 Å². The molecule has 1 unspecified atom stereocenters. The molecule has 0 aromatic heterocycles. The van der Waals surface area contributed by atoms with Gasteiger partial charge in [0.25, 0.3) is 0 Å². The molecule has 40 heavy (non-hydrogen) atoms. The topological polar surface area (TPSA) is 12.4 Å². The average molecular weight is 528 g/mol. The Morgan fingerprint density at radius 3 is 2.17 bits per heavy atom. The molecule has 1 heterocycles. The number of hydrogen-bond acceptors (Lipinski definition) is 1. The van der Waals surface area contributed by atoms with E-state index in [0.29, 0.717) is 5.92 Å². The summed E-state index contributed by atoms with van der Waals surface area (Å²) in [6.07, 6.45) is 13.1. The van der Waals surface area contributed by atoms with Gasteiger partial charge in [-0.15, -0.1) is 0 Å². The minimum atomic E-state index is 0.483. The molecule has 0 radical (unpaired) electrons. The minimum Gasteiger partial charge on any atom is -0.253 e. The first kappa shape index (κ1) is 29.3. The van der Waals surface area contributed by atoms with Crippen molar-refractivity contribution in [2.45, 2.75) is 79.1 Å². The predicted octanol–water partition coefficient (Wildman–Crippen LogP) is 11.4. The highest BCUT2D eigenvalue weighted by atomic mass is 14.8. The van der Waals surface area contributed by atoms with Gasteiger partial charge in [-0.3, -0.25) is 4.99 Å². The van der Waals surface area contributed by atoms with Crippen LogP contribution in [0, 0.1) is 0 Å². The van der Waals surface area contributed by atoms with Gasteiger partial charge >= 0.3 is 0 Å². The van der Waals surface area contributed by atoms with Gasteiger partial charge in [0, 0.05) is 5.71 Å². The maximum atomic E-state index is 5.29. The van der Waals surface area contributed by atoms with E-state index in [1.54, 1.807) is 0 Å². The molecular weight excluding hydrogens is 482 g/mol. The highest BCUT2D eigenvalue weighted by Gasteiger charge is 2.14. The van der Waals surface area contributed by atoms with Gasteiger partial charge in [-0.25, -0.2) is 0 Å². The Hall–Kier alpha value is -3.71. The third-order valence-corrected chi connectivity index (χ3v) is 8.29. The number of nitrogens with zero attached hydrogens (tertiary/aromatic N) is 1. The van der Waals surface area contributed by atoms with Crippen molar-refractivity contribution < 1.29 is 0 Å². The van der Waals surface area contributed by atoms with Crippen LogP contribution < -0.4 is 0 Å². The zero-order valence-corrected chi connectivity index (χ0v) is 25.1. The fraction of sp³-hybridized carbons (Fsp3) is 0.308. The van der Waals surface area contributed by atoms with Crippen LogP contribution in [0.15, 0.2) is 125 Å². The smallest absolute Gasteiger partial charge is 0.0665 e. The maximum absolute atomic E-state index is 5.29. The van der Waals surface area contributed by atoms with Crippen molar-refractivity contribution in [1.82, 2.24) is 0 Å². The Morgan fingerprint density at radius 2 is 1.48 bits per heavy atom. The number of benzene rings is 3. The fourth-order valence-corrected chi connectivity index (χ4v) is 5.37. The summed E-state index contributed by atoms with van der Waals surface area (Å²) in [6, 6.07) is 30.7. The zero-order valence-electron chi connectivity index (χ0n) is 25.1. The largest absolute Gasteiger partial charge is 0.253 e. The van der Waals surface area contributed by atoms with Crippen LogP contribution in [0.3, 0.4) is 0 Å². The summed E-state index contributed by atoms with van der Waals surface area (Å²) < 4.78 is 0. The van der Waals surface area contributed by atoms with Crippen molar-refractivity contribution in [3.05, 3.63) is 142 Å². The van der Waals surface area contributed by atoms with E-state index < -0.39 is 0 Å². The Bertz CT molecular complexity index is 1410. The van der Waals surface area contributed by atoms with Crippen molar-refractivity contribution >= 4 is 17.0 Å². The lowest BCUT2D eigenvalue weighted by atomic mass is 9.88. The van der Waals surface area contributed by atoms with E-state index >= 15 is 0 Å². The molecule has 3 aromatic rings. The van der Waals surface area contributed by atoms with Crippen molar-refractivity contribution in [2.24, 2.45) is 4.99 Å². The van der Waals surface area contributed by atoms with E-state index in [-0.39, 0.29) is 0 Å². The molecule has 0 amide bonds. The molecule has 0 aliphatic carbocycles. The standard InChI is InChI=1S/C39H45N/c1-6-29(2)30(3)24-25-31(4)35-20-15-21-36(28-35)37-22-13-14-23-38(33-16-9-7-10-17-33)40-39(27-26-32(37)5)34-18-11-8-12-19-34/h6-12,15-21,23-24,28,31H,13-14,22,25-27H2,1-5H3/b29-6+,30-24-,37-32-,38-23-,40-39+. The van der Waals surface area contributed by atoms with E-state index in [1.807, 2.05) is 0 Å². The van der Waals surface area contributed by atoms with Crippen LogP contribution in [0.4, 0.5) is 0 Å². The van der Waals surface area contributed by atoms with E-state index in [9.17, 15) is 0 Å². The molecular formula is C39H45N. The molecule has 1 aliphatic rings.